The second-order valence-electron chi connectivity index (χ2n) is 1.98. The predicted molar refractivity (Wildman–Crippen MR) is 58.7 cm³/mol. The summed E-state index contributed by atoms with van der Waals surface area (Å²) in [6.45, 7) is 0. The molecule has 0 saturated heterocycles. The molecule has 2 aromatic heterocycles. The molecule has 2 aromatic rings. The molecular weight excluding hydrogens is 423 g/mol. The zero-order valence-corrected chi connectivity index (χ0v) is 17.2. The summed E-state index contributed by atoms with van der Waals surface area (Å²) in [4.78, 5) is 17.9. The number of nitrogens with two attached hydrogens (primary N) is 1. The molecule has 0 fully saturated rings. The fourth-order valence-corrected chi connectivity index (χ4v) is 0.468. The number of nitro groups is 2. The van der Waals surface area contributed by atoms with Crippen LogP contribution in [0.15, 0.2) is 0 Å². The number of hydrogen-bond donors (Lipinski definition) is 2. The van der Waals surface area contributed by atoms with Gasteiger partial charge in [-0.25, -0.2) is 0 Å². The van der Waals surface area contributed by atoms with Crippen molar-refractivity contribution in [2.45, 2.75) is 0 Å². The van der Waals surface area contributed by atoms with Gasteiger partial charge in [0.1, 0.15) is 0 Å². The Kier molecular flexibility index (Phi) is 23.3. The molecule has 2 rings (SSSR count). The average molecular weight is 429 g/mol. The Labute approximate surface area is 181 Å². The molecule has 117 valence electrons. The Morgan fingerprint density at radius 1 is 1.00 bits per heavy atom. The summed E-state index contributed by atoms with van der Waals surface area (Å²) in [6.07, 6.45) is 5.00. The first-order valence-electron chi connectivity index (χ1n) is 4.09. The Balaban J connectivity index is -0.000000115. The molecule has 20 heteroatoms. The van der Waals surface area contributed by atoms with Gasteiger partial charge in [-0.2, -0.15) is 1.41 Å². The van der Waals surface area contributed by atoms with Crippen molar-refractivity contribution in [3.8, 4) is 0 Å². The minimum atomic E-state index is -0.733. The van der Waals surface area contributed by atoms with Gasteiger partial charge in [0.2, 0.25) is 0 Å². The van der Waals surface area contributed by atoms with Gasteiger partial charge in [-0.1, -0.05) is 10.4 Å². The number of rotatable bonds is 2. The third-order valence-electron chi connectivity index (χ3n) is 0.995. The molecule has 0 amide bonds. The summed E-state index contributed by atoms with van der Waals surface area (Å²) in [5.74, 6) is -1.02. The predicted octanol–water partition coefficient (Wildman–Crippen LogP) is -5.68. The molecule has 0 radical (unpaired) electrons. The van der Waals surface area contributed by atoms with Crippen LogP contribution in [0.4, 0.5) is 11.9 Å². The van der Waals surface area contributed by atoms with Crippen LogP contribution in [0.1, 0.15) is 0 Å². The second kappa shape index (κ2) is 19.0. The molecule has 0 aliphatic heterocycles. The molecule has 2 heterocycles. The maximum Gasteiger partial charge on any atom is 1.00 e. The van der Waals surface area contributed by atoms with Crippen LogP contribution in [0.2, 0.25) is 1.41 Å². The van der Waals surface area contributed by atoms with Crippen LogP contribution in [0, 0.1) is 20.2 Å². The van der Waals surface area contributed by atoms with Crippen LogP contribution in [-0.2, 0) is 13.1 Å². The Hall–Kier alpha value is -0.000519. The zero-order chi connectivity index (χ0) is 16.7. The molecule has 0 saturated carbocycles. The van der Waals surface area contributed by atoms with E-state index in [-0.39, 0.29) is 59.1 Å². The van der Waals surface area contributed by atoms with E-state index in [1.165, 1.54) is 0 Å². The summed E-state index contributed by atoms with van der Waals surface area (Å²) in [7, 11) is 9.34. The molecule has 22 heavy (non-hydrogen) atoms. The van der Waals surface area contributed by atoms with Crippen molar-refractivity contribution in [3.05, 3.63) is 26.4 Å². The van der Waals surface area contributed by atoms with Crippen molar-refractivity contribution >= 4 is 32.1 Å². The number of halogens is 2. The number of aromatic nitrogens is 8. The third-order valence-corrected chi connectivity index (χ3v) is 0.995. The standard InChI is InChI=1S/2CHN5O2.2ClH.Cu.H2N.2Na/c2*7-6(8)1-2-4-5-3-1;;;;;;/h2*(H,2,3,4,5);2*1H;;1H2;;/q;;;;+2;-1;2*+1/p-2/i/hT. The zero-order valence-electron chi connectivity index (χ0n) is 11.8. The maximum absolute atomic E-state index is 9.68. The molecule has 0 aromatic carbocycles. The van der Waals surface area contributed by atoms with Gasteiger partial charge in [0.05, 0.1) is 10.2 Å². The number of hydrogen-bond acceptors (Lipinski definition) is 10. The van der Waals surface area contributed by atoms with Crippen LogP contribution in [0.5, 0.6) is 0 Å². The molecular formula is C2H4Cl2CuN11Na2O4+. The monoisotopic (exact) mass is 427 g/mol. The summed E-state index contributed by atoms with van der Waals surface area (Å²) < 4.78 is 5.00. The van der Waals surface area contributed by atoms with Crippen LogP contribution < -0.4 is 59.1 Å². The van der Waals surface area contributed by atoms with E-state index in [0.717, 1.165) is 13.1 Å². The minimum Gasteiger partial charge on any atom is 1.00 e. The SMILES string of the molecule is O=[N+]([O-])c1nn[nH]n1.O=[N+]([O-])c1nn[nH]n1.[3H][NH-].[Cl][Cu][Cl].[Na+].[Na+]. The van der Waals surface area contributed by atoms with E-state index in [9.17, 15) is 20.2 Å². The van der Waals surface area contributed by atoms with Crippen molar-refractivity contribution in [1.29, 1.82) is 0 Å². The summed E-state index contributed by atoms with van der Waals surface area (Å²) >= 11 is 0.757. The van der Waals surface area contributed by atoms with E-state index < -0.39 is 21.7 Å². The molecule has 4 N–H and O–H groups in total. The number of aromatic amines is 2. The van der Waals surface area contributed by atoms with E-state index in [2.05, 4.69) is 51.0 Å². The van der Waals surface area contributed by atoms with Gasteiger partial charge in [0, 0.05) is 20.6 Å². The first-order chi connectivity index (χ1) is 10.0. The van der Waals surface area contributed by atoms with E-state index in [0.29, 0.717) is 0 Å². The van der Waals surface area contributed by atoms with Gasteiger partial charge in [-0.05, 0) is 9.85 Å². The van der Waals surface area contributed by atoms with Crippen molar-refractivity contribution < 1.29 is 83.5 Å². The Bertz CT molecular complexity index is 446. The van der Waals surface area contributed by atoms with Gasteiger partial charge in [-0.3, -0.25) is 0 Å². The van der Waals surface area contributed by atoms with Gasteiger partial charge < -0.3 is 26.4 Å². The van der Waals surface area contributed by atoms with Crippen molar-refractivity contribution in [2.24, 2.45) is 0 Å². The van der Waals surface area contributed by atoms with Gasteiger partial charge in [-0.15, -0.1) is 0 Å². The number of nitrogens with zero attached hydrogens (tertiary/aromatic N) is 8. The van der Waals surface area contributed by atoms with Crippen LogP contribution in [0.3, 0.4) is 0 Å². The molecule has 0 spiro atoms. The quantitative estimate of drug-likeness (QED) is 0.261. The van der Waals surface area contributed by atoms with Crippen LogP contribution in [-0.4, -0.2) is 51.1 Å². The summed E-state index contributed by atoms with van der Waals surface area (Å²) in [5, 5.41) is 41.5. The normalized spacial score (nSPS) is 7.86. The first kappa shape index (κ1) is 26.9. The van der Waals surface area contributed by atoms with Crippen molar-refractivity contribution in [1.82, 2.24) is 41.2 Å². The van der Waals surface area contributed by atoms with E-state index in [4.69, 9.17) is 7.56 Å². The summed E-state index contributed by atoms with van der Waals surface area (Å²) in [6, 6.07) is 0. The van der Waals surface area contributed by atoms with Crippen LogP contribution in [0.25, 0.3) is 6.14 Å². The first-order valence-corrected chi connectivity index (χ1v) is 6.19. The minimum absolute atomic E-state index is 0. The molecule has 0 aliphatic rings. The van der Waals surface area contributed by atoms with E-state index >= 15 is 0 Å². The van der Waals surface area contributed by atoms with Gasteiger partial charge in [0.25, 0.3) is 0 Å². The van der Waals surface area contributed by atoms with E-state index in [1.54, 1.807) is 0 Å². The molecule has 0 atom stereocenters. The van der Waals surface area contributed by atoms with Crippen molar-refractivity contribution in [2.75, 3.05) is 0 Å². The average Bonchev–Trinajstić information content (AvgIpc) is 3.16. The smallest absolute Gasteiger partial charge is 1.00 e. The van der Waals surface area contributed by atoms with Gasteiger partial charge in [0.15, 0.2) is 0 Å². The number of nitrogens with one attached hydrogen (secondary N) is 2. The fourth-order valence-electron chi connectivity index (χ4n) is 0.468. The van der Waals surface area contributed by atoms with E-state index in [1.807, 2.05) is 10.4 Å². The Morgan fingerprint density at radius 2 is 1.27 bits per heavy atom. The number of tetrazole rings is 2. The molecule has 0 aliphatic carbocycles. The molecule has 15 nitrogen and oxygen atoms in total. The van der Waals surface area contributed by atoms with Crippen LogP contribution >= 0.6 is 20.2 Å². The van der Waals surface area contributed by atoms with Gasteiger partial charge >= 0.3 is 104 Å². The fraction of sp³-hybridized carbons (Fsp3) is 0. The largest absolute Gasteiger partial charge is 1.00 e. The second-order valence-corrected chi connectivity index (χ2v) is 3.54. The summed E-state index contributed by atoms with van der Waals surface area (Å²) in [5.41, 5.74) is 0. The van der Waals surface area contributed by atoms with Crippen molar-refractivity contribution in [3.63, 3.8) is 0 Å². The number of H-pyrrole nitrogens is 2. The third kappa shape index (κ3) is 14.9. The topological polar surface area (TPSA) is 229 Å². The molecule has 0 unspecified atom stereocenters. The maximum atomic E-state index is 9.68. The Morgan fingerprint density at radius 3 is 1.36 bits per heavy atom. The molecule has 0 bridgehead atoms.